The van der Waals surface area contributed by atoms with E-state index in [2.05, 4.69) is 19.9 Å². The molecule has 0 aliphatic heterocycles. The number of fused-ring (bicyclic) bond motifs is 1. The summed E-state index contributed by atoms with van der Waals surface area (Å²) in [5.74, 6) is 0.491. The van der Waals surface area contributed by atoms with Crippen molar-refractivity contribution in [1.82, 2.24) is 4.98 Å². The molecule has 30 heavy (non-hydrogen) atoms. The first-order valence-corrected chi connectivity index (χ1v) is 10.1. The normalized spacial score (nSPS) is 10.8. The van der Waals surface area contributed by atoms with Gasteiger partial charge in [0.15, 0.2) is 6.61 Å². The second-order valence-electron chi connectivity index (χ2n) is 7.66. The second-order valence-corrected chi connectivity index (χ2v) is 7.66. The van der Waals surface area contributed by atoms with Crippen molar-refractivity contribution in [1.29, 1.82) is 5.26 Å². The number of hydrogen-bond donors (Lipinski definition) is 0. The number of rotatable bonds is 7. The van der Waals surface area contributed by atoms with Gasteiger partial charge in [-0.15, -0.1) is 0 Å². The number of benzene rings is 2. The van der Waals surface area contributed by atoms with Crippen molar-refractivity contribution in [2.75, 3.05) is 13.2 Å². The summed E-state index contributed by atoms with van der Waals surface area (Å²) in [6.45, 7) is 8.17. The van der Waals surface area contributed by atoms with Crippen molar-refractivity contribution < 1.29 is 14.3 Å². The summed E-state index contributed by atoms with van der Waals surface area (Å²) in [7, 11) is 0. The van der Waals surface area contributed by atoms with Gasteiger partial charge in [-0.3, -0.25) is 4.98 Å². The molecule has 0 spiro atoms. The van der Waals surface area contributed by atoms with Gasteiger partial charge in [-0.1, -0.05) is 43.7 Å². The number of carbonyl (C=O) groups is 1. The first kappa shape index (κ1) is 21.3. The van der Waals surface area contributed by atoms with Gasteiger partial charge in [-0.05, 0) is 49.9 Å². The minimum absolute atomic E-state index is 0.164. The lowest BCUT2D eigenvalue weighted by molar-refractivity contribution is -0.145. The third-order valence-electron chi connectivity index (χ3n) is 4.75. The van der Waals surface area contributed by atoms with E-state index in [0.717, 1.165) is 39.7 Å². The van der Waals surface area contributed by atoms with Crippen LogP contribution in [0, 0.1) is 24.2 Å². The lowest BCUT2D eigenvalue weighted by atomic mass is 9.92. The second kappa shape index (κ2) is 9.41. The number of aryl methyl sites for hydroxylation is 1. The number of pyridine rings is 1. The Morgan fingerprint density at radius 3 is 2.53 bits per heavy atom. The first-order chi connectivity index (χ1) is 14.4. The van der Waals surface area contributed by atoms with E-state index in [-0.39, 0.29) is 6.61 Å². The van der Waals surface area contributed by atoms with Crippen molar-refractivity contribution >= 4 is 16.9 Å². The molecule has 0 unspecified atom stereocenters. The molecule has 0 aliphatic carbocycles. The standard InChI is InChI=1S/C25H26N2O3/c1-5-29-24(28)15-30-19-10-11-22-20(13-19)25(18-8-6-17(4)7-9-18)21(14-26)23(27-22)12-16(2)3/h6-11,13,16H,5,12,15H2,1-4H3. The van der Waals surface area contributed by atoms with E-state index >= 15 is 0 Å². The van der Waals surface area contributed by atoms with Gasteiger partial charge >= 0.3 is 5.97 Å². The van der Waals surface area contributed by atoms with Crippen LogP contribution < -0.4 is 4.74 Å². The smallest absolute Gasteiger partial charge is 0.344 e. The minimum atomic E-state index is -0.417. The molecule has 3 rings (SSSR count). The zero-order chi connectivity index (χ0) is 21.7. The summed E-state index contributed by atoms with van der Waals surface area (Å²) in [6.07, 6.45) is 0.721. The van der Waals surface area contributed by atoms with Crippen LogP contribution in [0.2, 0.25) is 0 Å². The van der Waals surface area contributed by atoms with E-state index in [9.17, 15) is 10.1 Å². The molecule has 0 N–H and O–H groups in total. The molecule has 1 aromatic heterocycles. The summed E-state index contributed by atoms with van der Waals surface area (Å²) in [6, 6.07) is 16.0. The highest BCUT2D eigenvalue weighted by molar-refractivity contribution is 5.98. The predicted molar refractivity (Wildman–Crippen MR) is 117 cm³/mol. The Hall–Kier alpha value is -3.39. The molecule has 0 bridgehead atoms. The molecular weight excluding hydrogens is 376 g/mol. The third kappa shape index (κ3) is 4.77. The molecule has 154 valence electrons. The fourth-order valence-corrected chi connectivity index (χ4v) is 3.40. The van der Waals surface area contributed by atoms with E-state index < -0.39 is 5.97 Å². The Morgan fingerprint density at radius 2 is 1.90 bits per heavy atom. The van der Waals surface area contributed by atoms with Gasteiger partial charge in [-0.25, -0.2) is 4.79 Å². The van der Waals surface area contributed by atoms with Gasteiger partial charge in [0.05, 0.1) is 23.4 Å². The lowest BCUT2D eigenvalue weighted by Crippen LogP contribution is -2.14. The molecular formula is C25H26N2O3. The van der Waals surface area contributed by atoms with Crippen molar-refractivity contribution in [3.8, 4) is 22.9 Å². The van der Waals surface area contributed by atoms with Crippen LogP contribution in [0.15, 0.2) is 42.5 Å². The number of aromatic nitrogens is 1. The summed E-state index contributed by atoms with van der Waals surface area (Å²) < 4.78 is 10.5. The molecule has 3 aromatic rings. The Bertz CT molecular complexity index is 1100. The maximum atomic E-state index is 11.6. The molecule has 1 heterocycles. The van der Waals surface area contributed by atoms with E-state index in [1.165, 1.54) is 0 Å². The molecule has 0 atom stereocenters. The highest BCUT2D eigenvalue weighted by Gasteiger charge is 2.18. The quantitative estimate of drug-likeness (QED) is 0.507. The molecule has 5 nitrogen and oxygen atoms in total. The van der Waals surface area contributed by atoms with Crippen molar-refractivity contribution in [2.24, 2.45) is 5.92 Å². The summed E-state index contributed by atoms with van der Waals surface area (Å²) in [5.41, 5.74) is 5.13. The summed E-state index contributed by atoms with van der Waals surface area (Å²) in [4.78, 5) is 16.4. The highest BCUT2D eigenvalue weighted by atomic mass is 16.6. The molecule has 0 saturated carbocycles. The SMILES string of the molecule is CCOC(=O)COc1ccc2nc(CC(C)C)c(C#N)c(-c3ccc(C)cc3)c2c1. The van der Waals surface area contributed by atoms with Crippen LogP contribution in [0.1, 0.15) is 37.6 Å². The summed E-state index contributed by atoms with van der Waals surface area (Å²) in [5, 5.41) is 10.8. The number of nitriles is 1. The number of hydrogen-bond acceptors (Lipinski definition) is 5. The zero-order valence-electron chi connectivity index (χ0n) is 17.9. The fraction of sp³-hybridized carbons (Fsp3) is 0.320. The van der Waals surface area contributed by atoms with Crippen molar-refractivity contribution in [2.45, 2.75) is 34.1 Å². The Morgan fingerprint density at radius 1 is 1.17 bits per heavy atom. The molecule has 0 saturated heterocycles. The Labute approximate surface area is 177 Å². The molecule has 0 radical (unpaired) electrons. The highest BCUT2D eigenvalue weighted by Crippen LogP contribution is 2.35. The first-order valence-electron chi connectivity index (χ1n) is 10.1. The predicted octanol–water partition coefficient (Wildman–Crippen LogP) is 5.22. The number of carbonyl (C=O) groups excluding carboxylic acids is 1. The Kier molecular flexibility index (Phi) is 6.68. The molecule has 5 heteroatoms. The van der Waals surface area contributed by atoms with Crippen molar-refractivity contribution in [3.63, 3.8) is 0 Å². The van der Waals surface area contributed by atoms with Gasteiger partial charge in [-0.2, -0.15) is 5.26 Å². The van der Waals surface area contributed by atoms with Crippen LogP contribution in [0.25, 0.3) is 22.0 Å². The largest absolute Gasteiger partial charge is 0.482 e. The van der Waals surface area contributed by atoms with Gasteiger partial charge in [0.25, 0.3) is 0 Å². The molecule has 2 aromatic carbocycles. The van der Waals surface area contributed by atoms with Crippen LogP contribution in [0.3, 0.4) is 0 Å². The van der Waals surface area contributed by atoms with Crippen LogP contribution in [-0.4, -0.2) is 24.2 Å². The van der Waals surface area contributed by atoms with Gasteiger partial charge in [0.2, 0.25) is 0 Å². The average Bonchev–Trinajstić information content (AvgIpc) is 2.72. The lowest BCUT2D eigenvalue weighted by Gasteiger charge is -2.16. The summed E-state index contributed by atoms with van der Waals surface area (Å²) >= 11 is 0. The maximum Gasteiger partial charge on any atom is 0.344 e. The van der Waals surface area contributed by atoms with Crippen LogP contribution in [0.5, 0.6) is 5.75 Å². The molecule has 0 fully saturated rings. The van der Waals surface area contributed by atoms with E-state index in [0.29, 0.717) is 23.8 Å². The van der Waals surface area contributed by atoms with E-state index in [4.69, 9.17) is 14.5 Å². The topological polar surface area (TPSA) is 72.2 Å². The van der Waals surface area contributed by atoms with Gasteiger partial charge in [0, 0.05) is 10.9 Å². The fourth-order valence-electron chi connectivity index (χ4n) is 3.40. The molecule has 0 amide bonds. The minimum Gasteiger partial charge on any atom is -0.482 e. The van der Waals surface area contributed by atoms with Crippen LogP contribution in [0.4, 0.5) is 0 Å². The van der Waals surface area contributed by atoms with Crippen LogP contribution in [-0.2, 0) is 16.0 Å². The van der Waals surface area contributed by atoms with Gasteiger partial charge < -0.3 is 9.47 Å². The average molecular weight is 402 g/mol. The number of nitrogens with zero attached hydrogens (tertiary/aromatic N) is 2. The van der Waals surface area contributed by atoms with Crippen molar-refractivity contribution in [3.05, 3.63) is 59.3 Å². The Balaban J connectivity index is 2.17. The molecule has 0 aliphatic rings. The maximum absolute atomic E-state index is 11.6. The van der Waals surface area contributed by atoms with E-state index in [1.54, 1.807) is 13.0 Å². The monoisotopic (exact) mass is 402 g/mol. The number of ether oxygens (including phenoxy) is 2. The van der Waals surface area contributed by atoms with Crippen LogP contribution >= 0.6 is 0 Å². The van der Waals surface area contributed by atoms with Gasteiger partial charge in [0.1, 0.15) is 11.8 Å². The zero-order valence-corrected chi connectivity index (χ0v) is 17.9. The van der Waals surface area contributed by atoms with E-state index in [1.807, 2.05) is 43.3 Å². The number of esters is 1. The third-order valence-corrected chi connectivity index (χ3v) is 4.75.